The molecule has 0 aromatic carbocycles. The van der Waals surface area contributed by atoms with Crippen LogP contribution in [0.4, 0.5) is 0 Å². The van der Waals surface area contributed by atoms with Crippen LogP contribution in [0.1, 0.15) is 52.3 Å². The monoisotopic (exact) mass is 293 g/mol. The molecule has 2 rings (SSSR count). The summed E-state index contributed by atoms with van der Waals surface area (Å²) in [6, 6.07) is 0. The number of aromatic nitrogens is 3. The summed E-state index contributed by atoms with van der Waals surface area (Å²) in [6.45, 7) is 9.25. The van der Waals surface area contributed by atoms with Crippen molar-refractivity contribution < 1.29 is 0 Å². The van der Waals surface area contributed by atoms with Gasteiger partial charge < -0.3 is 5.73 Å². The number of nitrogens with two attached hydrogens (primary N) is 1. The Kier molecular flexibility index (Phi) is 5.38. The van der Waals surface area contributed by atoms with Crippen LogP contribution in [0.15, 0.2) is 6.33 Å². The maximum atomic E-state index is 6.16. The third-order valence-corrected chi connectivity index (χ3v) is 4.87. The van der Waals surface area contributed by atoms with E-state index in [4.69, 9.17) is 5.73 Å². The van der Waals surface area contributed by atoms with Gasteiger partial charge in [0, 0.05) is 18.6 Å². The predicted molar refractivity (Wildman–Crippen MR) is 85.7 cm³/mol. The van der Waals surface area contributed by atoms with Crippen LogP contribution < -0.4 is 5.73 Å². The minimum Gasteiger partial charge on any atom is -0.329 e. The molecule has 2 atom stereocenters. The van der Waals surface area contributed by atoms with Crippen LogP contribution in [0.2, 0.25) is 0 Å². The largest absolute Gasteiger partial charge is 0.329 e. The van der Waals surface area contributed by atoms with Crippen molar-refractivity contribution in [2.24, 2.45) is 17.6 Å². The molecule has 2 unspecified atom stereocenters. The molecule has 0 bridgehead atoms. The lowest BCUT2D eigenvalue weighted by Gasteiger charge is -2.46. The quantitative estimate of drug-likeness (QED) is 0.874. The molecule has 21 heavy (non-hydrogen) atoms. The Morgan fingerprint density at radius 1 is 1.52 bits per heavy atom. The van der Waals surface area contributed by atoms with Gasteiger partial charge >= 0.3 is 0 Å². The summed E-state index contributed by atoms with van der Waals surface area (Å²) in [5.41, 5.74) is 6.30. The number of nitrogens with zero attached hydrogens (tertiary/aromatic N) is 4. The summed E-state index contributed by atoms with van der Waals surface area (Å²) < 4.78 is 2.04. The summed E-state index contributed by atoms with van der Waals surface area (Å²) >= 11 is 0. The minimum atomic E-state index is 0.131. The zero-order valence-electron chi connectivity index (χ0n) is 14.0. The van der Waals surface area contributed by atoms with Gasteiger partial charge in [0.2, 0.25) is 0 Å². The Bertz CT molecular complexity index is 442. The van der Waals surface area contributed by atoms with Gasteiger partial charge in [-0.3, -0.25) is 4.90 Å². The maximum Gasteiger partial charge on any atom is 0.141 e. The lowest BCUT2D eigenvalue weighted by Crippen LogP contribution is -2.54. The van der Waals surface area contributed by atoms with Crippen molar-refractivity contribution in [3.8, 4) is 0 Å². The fourth-order valence-corrected chi connectivity index (χ4v) is 3.61. The van der Waals surface area contributed by atoms with E-state index >= 15 is 0 Å². The van der Waals surface area contributed by atoms with Crippen molar-refractivity contribution in [3.63, 3.8) is 0 Å². The maximum absolute atomic E-state index is 6.16. The number of hydrogen-bond donors (Lipinski definition) is 1. The molecule has 1 heterocycles. The zero-order chi connectivity index (χ0) is 15.5. The Morgan fingerprint density at radius 3 is 2.90 bits per heavy atom. The van der Waals surface area contributed by atoms with E-state index in [0.29, 0.717) is 5.92 Å². The summed E-state index contributed by atoms with van der Waals surface area (Å²) in [7, 11) is 2.19. The standard InChI is InChI=1S/C16H31N5/c1-13(2)9-21-15(18-12-19-21)10-20(4)16(11-17)7-5-6-14(3)8-16/h12-14H,5-11,17H2,1-4H3. The molecular formula is C16H31N5. The molecule has 120 valence electrons. The second-order valence-electron chi connectivity index (χ2n) is 7.24. The van der Waals surface area contributed by atoms with E-state index in [-0.39, 0.29) is 5.54 Å². The van der Waals surface area contributed by atoms with Gasteiger partial charge in [-0.1, -0.05) is 33.6 Å². The highest BCUT2D eigenvalue weighted by atomic mass is 15.4. The summed E-state index contributed by atoms with van der Waals surface area (Å²) in [4.78, 5) is 6.88. The Morgan fingerprint density at radius 2 is 2.29 bits per heavy atom. The van der Waals surface area contributed by atoms with Gasteiger partial charge in [-0.05, 0) is 31.7 Å². The van der Waals surface area contributed by atoms with Crippen LogP contribution >= 0.6 is 0 Å². The number of hydrogen-bond acceptors (Lipinski definition) is 4. The van der Waals surface area contributed by atoms with Gasteiger partial charge in [0.1, 0.15) is 12.2 Å². The Balaban J connectivity index is 2.09. The van der Waals surface area contributed by atoms with Crippen molar-refractivity contribution in [1.82, 2.24) is 19.7 Å². The van der Waals surface area contributed by atoms with E-state index in [1.54, 1.807) is 6.33 Å². The van der Waals surface area contributed by atoms with Gasteiger partial charge in [-0.25, -0.2) is 9.67 Å². The minimum absolute atomic E-state index is 0.131. The molecular weight excluding hydrogens is 262 g/mol. The molecule has 1 saturated carbocycles. The van der Waals surface area contributed by atoms with Crippen LogP contribution in [-0.2, 0) is 13.1 Å². The number of rotatable bonds is 6. The van der Waals surface area contributed by atoms with Gasteiger partial charge in [0.25, 0.3) is 0 Å². The Hall–Kier alpha value is -0.940. The molecule has 0 spiro atoms. The normalized spacial score (nSPS) is 26.7. The molecule has 1 fully saturated rings. The van der Waals surface area contributed by atoms with Gasteiger partial charge in [0.05, 0.1) is 6.54 Å². The molecule has 0 radical (unpaired) electrons. The second kappa shape index (κ2) is 6.88. The third kappa shape index (κ3) is 3.83. The first kappa shape index (κ1) is 16.4. The first-order valence-electron chi connectivity index (χ1n) is 8.25. The van der Waals surface area contributed by atoms with Crippen LogP contribution in [0.5, 0.6) is 0 Å². The molecule has 1 aliphatic rings. The van der Waals surface area contributed by atoms with Crippen LogP contribution in [-0.4, -0.2) is 38.8 Å². The lowest BCUT2D eigenvalue weighted by atomic mass is 9.75. The molecule has 1 aliphatic carbocycles. The van der Waals surface area contributed by atoms with Crippen LogP contribution in [0, 0.1) is 11.8 Å². The van der Waals surface area contributed by atoms with E-state index in [1.165, 1.54) is 25.7 Å². The van der Waals surface area contributed by atoms with E-state index in [1.807, 2.05) is 4.68 Å². The SMILES string of the molecule is CC(C)Cn1ncnc1CN(C)C1(CN)CCCC(C)C1. The average molecular weight is 293 g/mol. The molecule has 5 heteroatoms. The first-order valence-corrected chi connectivity index (χ1v) is 8.25. The van der Waals surface area contributed by atoms with Crippen LogP contribution in [0.25, 0.3) is 0 Å². The first-order chi connectivity index (χ1) is 9.97. The number of likely N-dealkylation sites (N-methyl/N-ethyl adjacent to an activating group) is 1. The zero-order valence-corrected chi connectivity index (χ0v) is 14.0. The molecule has 1 aromatic heterocycles. The summed E-state index contributed by atoms with van der Waals surface area (Å²) in [5.74, 6) is 2.39. The van der Waals surface area contributed by atoms with E-state index in [2.05, 4.69) is 42.8 Å². The van der Waals surface area contributed by atoms with Gasteiger partial charge in [0.15, 0.2) is 0 Å². The fourth-order valence-electron chi connectivity index (χ4n) is 3.61. The van der Waals surface area contributed by atoms with Gasteiger partial charge in [-0.2, -0.15) is 5.10 Å². The smallest absolute Gasteiger partial charge is 0.141 e. The van der Waals surface area contributed by atoms with Crippen molar-refractivity contribution in [1.29, 1.82) is 0 Å². The van der Waals surface area contributed by atoms with E-state index < -0.39 is 0 Å². The molecule has 0 aliphatic heterocycles. The summed E-state index contributed by atoms with van der Waals surface area (Å²) in [6.07, 6.45) is 6.67. The topological polar surface area (TPSA) is 60.0 Å². The van der Waals surface area contributed by atoms with Crippen LogP contribution in [0.3, 0.4) is 0 Å². The fraction of sp³-hybridized carbons (Fsp3) is 0.875. The second-order valence-corrected chi connectivity index (χ2v) is 7.24. The molecule has 2 N–H and O–H groups in total. The summed E-state index contributed by atoms with van der Waals surface area (Å²) in [5, 5.41) is 4.37. The highest BCUT2D eigenvalue weighted by Crippen LogP contribution is 2.36. The highest BCUT2D eigenvalue weighted by molar-refractivity contribution is 4.97. The average Bonchev–Trinajstić information content (AvgIpc) is 2.85. The van der Waals surface area contributed by atoms with Crippen molar-refractivity contribution in [2.75, 3.05) is 13.6 Å². The highest BCUT2D eigenvalue weighted by Gasteiger charge is 2.37. The molecule has 0 amide bonds. The van der Waals surface area contributed by atoms with Crippen molar-refractivity contribution in [3.05, 3.63) is 12.2 Å². The van der Waals surface area contributed by atoms with Crippen molar-refractivity contribution >= 4 is 0 Å². The van der Waals surface area contributed by atoms with Gasteiger partial charge in [-0.15, -0.1) is 0 Å². The predicted octanol–water partition coefficient (Wildman–Crippen LogP) is 2.27. The Labute approximate surface area is 128 Å². The van der Waals surface area contributed by atoms with Crippen molar-refractivity contribution in [2.45, 2.75) is 65.1 Å². The lowest BCUT2D eigenvalue weighted by molar-refractivity contribution is 0.0522. The molecule has 0 saturated heterocycles. The molecule has 5 nitrogen and oxygen atoms in total. The third-order valence-electron chi connectivity index (χ3n) is 4.87. The molecule has 1 aromatic rings. The van der Waals surface area contributed by atoms with E-state index in [0.717, 1.165) is 31.4 Å². The van der Waals surface area contributed by atoms with E-state index in [9.17, 15) is 0 Å².